The van der Waals surface area contributed by atoms with Gasteiger partial charge in [-0.25, -0.2) is 9.37 Å². The van der Waals surface area contributed by atoms with Crippen molar-refractivity contribution in [1.82, 2.24) is 4.98 Å². The predicted octanol–water partition coefficient (Wildman–Crippen LogP) is 5.17. The Kier molecular flexibility index (Phi) is 2.92. The van der Waals surface area contributed by atoms with Crippen LogP contribution in [0.15, 0.2) is 40.9 Å². The molecule has 0 aliphatic carbocycles. The van der Waals surface area contributed by atoms with Crippen LogP contribution < -0.4 is 0 Å². The Morgan fingerprint density at radius 2 is 2.00 bits per heavy atom. The summed E-state index contributed by atoms with van der Waals surface area (Å²) >= 11 is 5.04. The molecular formula is C14H9BrFNS. The minimum Gasteiger partial charge on any atom is -0.236 e. The molecule has 3 rings (SSSR count). The molecular weight excluding hydrogens is 313 g/mol. The van der Waals surface area contributed by atoms with E-state index >= 15 is 0 Å². The fraction of sp³-hybridized carbons (Fsp3) is 0.0714. The molecule has 4 heteroatoms. The van der Waals surface area contributed by atoms with Crippen LogP contribution in [0.3, 0.4) is 0 Å². The Balaban J connectivity index is 2.22. The summed E-state index contributed by atoms with van der Waals surface area (Å²) < 4.78 is 15.0. The Bertz CT molecular complexity index is 736. The number of aromatic nitrogens is 1. The summed E-state index contributed by atoms with van der Waals surface area (Å²) in [7, 11) is 0. The topological polar surface area (TPSA) is 12.9 Å². The summed E-state index contributed by atoms with van der Waals surface area (Å²) in [6.45, 7) is 2.04. The second-order valence-electron chi connectivity index (χ2n) is 4.11. The number of benzene rings is 2. The van der Waals surface area contributed by atoms with Crippen LogP contribution in [0, 0.1) is 12.7 Å². The van der Waals surface area contributed by atoms with Gasteiger partial charge in [0.1, 0.15) is 10.8 Å². The zero-order valence-corrected chi connectivity index (χ0v) is 12.0. The van der Waals surface area contributed by atoms with Gasteiger partial charge in [0, 0.05) is 10.0 Å². The lowest BCUT2D eigenvalue weighted by molar-refractivity contribution is 0.630. The zero-order chi connectivity index (χ0) is 12.7. The van der Waals surface area contributed by atoms with Crippen molar-refractivity contribution in [2.24, 2.45) is 0 Å². The molecule has 1 aromatic heterocycles. The second-order valence-corrected chi connectivity index (χ2v) is 6.00. The van der Waals surface area contributed by atoms with Crippen molar-refractivity contribution in [2.45, 2.75) is 6.92 Å². The van der Waals surface area contributed by atoms with Crippen LogP contribution in [-0.4, -0.2) is 4.98 Å². The van der Waals surface area contributed by atoms with E-state index < -0.39 is 0 Å². The first-order valence-electron chi connectivity index (χ1n) is 5.46. The van der Waals surface area contributed by atoms with E-state index in [0.717, 1.165) is 25.3 Å². The smallest absolute Gasteiger partial charge is 0.125 e. The van der Waals surface area contributed by atoms with Crippen molar-refractivity contribution in [3.05, 3.63) is 52.3 Å². The number of nitrogens with zero attached hydrogens (tertiary/aromatic N) is 1. The monoisotopic (exact) mass is 321 g/mol. The standard InChI is InChI=1S/C14H9BrFNS/c1-8-2-4-11(15)10(6-8)14-17-12-5-3-9(16)7-13(12)18-14/h2-7H,1H3. The molecule has 1 heterocycles. The second kappa shape index (κ2) is 4.44. The Morgan fingerprint density at radius 3 is 2.83 bits per heavy atom. The average Bonchev–Trinajstić information content (AvgIpc) is 2.74. The molecule has 0 aliphatic rings. The van der Waals surface area contributed by atoms with Gasteiger partial charge in [0.15, 0.2) is 0 Å². The number of fused-ring (bicyclic) bond motifs is 1. The third kappa shape index (κ3) is 2.06. The summed E-state index contributed by atoms with van der Waals surface area (Å²) in [5.74, 6) is -0.221. The maximum atomic E-state index is 13.2. The van der Waals surface area contributed by atoms with E-state index in [1.165, 1.54) is 29.0 Å². The molecule has 0 atom stereocenters. The first kappa shape index (κ1) is 11.8. The first-order chi connectivity index (χ1) is 8.63. The van der Waals surface area contributed by atoms with Gasteiger partial charge in [0.2, 0.25) is 0 Å². The van der Waals surface area contributed by atoms with Gasteiger partial charge in [-0.05, 0) is 37.3 Å². The highest BCUT2D eigenvalue weighted by atomic mass is 79.9. The van der Waals surface area contributed by atoms with E-state index in [1.54, 1.807) is 6.07 Å². The van der Waals surface area contributed by atoms with E-state index in [9.17, 15) is 4.39 Å². The van der Waals surface area contributed by atoms with E-state index in [0.29, 0.717) is 0 Å². The summed E-state index contributed by atoms with van der Waals surface area (Å²) in [6.07, 6.45) is 0. The summed E-state index contributed by atoms with van der Waals surface area (Å²) in [4.78, 5) is 4.55. The number of hydrogen-bond acceptors (Lipinski definition) is 2. The molecule has 0 aliphatic heterocycles. The van der Waals surface area contributed by atoms with Crippen LogP contribution in [-0.2, 0) is 0 Å². The van der Waals surface area contributed by atoms with E-state index in [4.69, 9.17) is 0 Å². The van der Waals surface area contributed by atoms with Crippen molar-refractivity contribution < 1.29 is 4.39 Å². The van der Waals surface area contributed by atoms with Crippen LogP contribution in [0.4, 0.5) is 4.39 Å². The Morgan fingerprint density at radius 1 is 1.17 bits per heavy atom. The van der Waals surface area contributed by atoms with Crippen LogP contribution in [0.1, 0.15) is 5.56 Å². The molecule has 0 radical (unpaired) electrons. The van der Waals surface area contributed by atoms with E-state index in [2.05, 4.69) is 27.0 Å². The van der Waals surface area contributed by atoms with Crippen LogP contribution in [0.2, 0.25) is 0 Å². The lowest BCUT2D eigenvalue weighted by Crippen LogP contribution is -1.80. The van der Waals surface area contributed by atoms with Crippen molar-refractivity contribution >= 4 is 37.5 Å². The largest absolute Gasteiger partial charge is 0.236 e. The number of halogens is 2. The molecule has 0 amide bonds. The molecule has 0 saturated carbocycles. The van der Waals surface area contributed by atoms with Crippen molar-refractivity contribution in [3.8, 4) is 10.6 Å². The van der Waals surface area contributed by atoms with Crippen LogP contribution >= 0.6 is 27.3 Å². The molecule has 0 fully saturated rings. The molecule has 0 N–H and O–H groups in total. The highest BCUT2D eigenvalue weighted by Gasteiger charge is 2.10. The molecule has 3 aromatic rings. The van der Waals surface area contributed by atoms with Gasteiger partial charge in [-0.15, -0.1) is 11.3 Å². The zero-order valence-electron chi connectivity index (χ0n) is 9.58. The third-order valence-electron chi connectivity index (χ3n) is 2.70. The Hall–Kier alpha value is -1.26. The van der Waals surface area contributed by atoms with E-state index in [-0.39, 0.29) is 5.82 Å². The number of thiazole rings is 1. The lowest BCUT2D eigenvalue weighted by atomic mass is 10.1. The number of aryl methyl sites for hydroxylation is 1. The Labute approximate surface area is 116 Å². The first-order valence-corrected chi connectivity index (χ1v) is 7.07. The quantitative estimate of drug-likeness (QED) is 0.602. The van der Waals surface area contributed by atoms with Crippen molar-refractivity contribution in [1.29, 1.82) is 0 Å². The molecule has 90 valence electrons. The lowest BCUT2D eigenvalue weighted by Gasteiger charge is -2.01. The number of rotatable bonds is 1. The molecule has 2 aromatic carbocycles. The summed E-state index contributed by atoms with van der Waals surface area (Å²) in [5.41, 5.74) is 3.07. The van der Waals surface area contributed by atoms with Crippen LogP contribution in [0.5, 0.6) is 0 Å². The van der Waals surface area contributed by atoms with E-state index in [1.807, 2.05) is 19.1 Å². The third-order valence-corrected chi connectivity index (χ3v) is 4.45. The fourth-order valence-electron chi connectivity index (χ4n) is 1.82. The molecule has 0 bridgehead atoms. The number of hydrogen-bond donors (Lipinski definition) is 0. The molecule has 1 nitrogen and oxygen atoms in total. The van der Waals surface area contributed by atoms with Gasteiger partial charge in [-0.3, -0.25) is 0 Å². The summed E-state index contributed by atoms with van der Waals surface area (Å²) in [6, 6.07) is 10.8. The molecule has 0 spiro atoms. The predicted molar refractivity (Wildman–Crippen MR) is 77.5 cm³/mol. The van der Waals surface area contributed by atoms with Crippen molar-refractivity contribution in [3.63, 3.8) is 0 Å². The minimum absolute atomic E-state index is 0.221. The normalized spacial score (nSPS) is 11.1. The van der Waals surface area contributed by atoms with Gasteiger partial charge in [0.25, 0.3) is 0 Å². The average molecular weight is 322 g/mol. The van der Waals surface area contributed by atoms with Gasteiger partial charge in [-0.1, -0.05) is 27.6 Å². The molecule has 18 heavy (non-hydrogen) atoms. The minimum atomic E-state index is -0.221. The highest BCUT2D eigenvalue weighted by molar-refractivity contribution is 9.10. The van der Waals surface area contributed by atoms with Crippen LogP contribution in [0.25, 0.3) is 20.8 Å². The SMILES string of the molecule is Cc1ccc(Br)c(-c2nc3ccc(F)cc3s2)c1. The maximum absolute atomic E-state index is 13.2. The van der Waals surface area contributed by atoms with Gasteiger partial charge >= 0.3 is 0 Å². The highest BCUT2D eigenvalue weighted by Crippen LogP contribution is 2.35. The summed E-state index contributed by atoms with van der Waals surface area (Å²) in [5, 5.41) is 0.908. The van der Waals surface area contributed by atoms with Gasteiger partial charge in [-0.2, -0.15) is 0 Å². The molecule has 0 saturated heterocycles. The molecule has 0 unspecified atom stereocenters. The van der Waals surface area contributed by atoms with Crippen molar-refractivity contribution in [2.75, 3.05) is 0 Å². The maximum Gasteiger partial charge on any atom is 0.125 e. The van der Waals surface area contributed by atoms with Gasteiger partial charge in [0.05, 0.1) is 10.2 Å². The van der Waals surface area contributed by atoms with Gasteiger partial charge < -0.3 is 0 Å². The fourth-order valence-corrected chi connectivity index (χ4v) is 3.40.